The molecule has 0 radical (unpaired) electrons. The number of anilines is 1. The van der Waals surface area contributed by atoms with E-state index in [4.69, 9.17) is 22.7 Å². The lowest BCUT2D eigenvalue weighted by Gasteiger charge is -2.30. The van der Waals surface area contributed by atoms with Gasteiger partial charge in [0, 0.05) is 18.8 Å². The number of rotatable bonds is 2. The van der Waals surface area contributed by atoms with Gasteiger partial charge in [-0.1, -0.05) is 12.2 Å². The van der Waals surface area contributed by atoms with Crippen LogP contribution in [0.2, 0.25) is 0 Å². The van der Waals surface area contributed by atoms with Crippen LogP contribution in [0.4, 0.5) is 5.82 Å². The zero-order chi connectivity index (χ0) is 12.4. The number of aromatic nitrogens is 1. The lowest BCUT2D eigenvalue weighted by Crippen LogP contribution is -2.38. The molecule has 0 bridgehead atoms. The minimum absolute atomic E-state index is 0.413. The van der Waals surface area contributed by atoms with Crippen molar-refractivity contribution in [1.82, 2.24) is 4.98 Å². The molecule has 0 spiro atoms. The quantitative estimate of drug-likeness (QED) is 0.800. The van der Waals surface area contributed by atoms with Gasteiger partial charge in [0.1, 0.15) is 10.8 Å². The van der Waals surface area contributed by atoms with Crippen LogP contribution in [-0.2, 0) is 4.74 Å². The van der Waals surface area contributed by atoms with Gasteiger partial charge >= 0.3 is 0 Å². The second kappa shape index (κ2) is 4.98. The molecule has 1 fully saturated rings. The van der Waals surface area contributed by atoms with Crippen molar-refractivity contribution in [3.63, 3.8) is 0 Å². The highest BCUT2D eigenvalue weighted by atomic mass is 32.1. The first-order valence-corrected chi connectivity index (χ1v) is 6.11. The number of nitrogens with zero attached hydrogens (tertiary/aromatic N) is 2. The highest BCUT2D eigenvalue weighted by Crippen LogP contribution is 2.23. The van der Waals surface area contributed by atoms with Gasteiger partial charge in [-0.05, 0) is 25.5 Å². The Kier molecular flexibility index (Phi) is 3.59. The summed E-state index contributed by atoms with van der Waals surface area (Å²) >= 11 is 5.13. The lowest BCUT2D eigenvalue weighted by atomic mass is 10.1. The number of morpholine rings is 1. The molecule has 2 N–H and O–H groups in total. The molecule has 0 aromatic carbocycles. The minimum atomic E-state index is 0.413. The molecule has 17 heavy (non-hydrogen) atoms. The van der Waals surface area contributed by atoms with Crippen molar-refractivity contribution in [3.8, 4) is 0 Å². The molecule has 1 aliphatic rings. The molecule has 0 unspecified atom stereocenters. The van der Waals surface area contributed by atoms with Crippen LogP contribution in [0.25, 0.3) is 0 Å². The van der Waals surface area contributed by atoms with Crippen LogP contribution < -0.4 is 10.6 Å². The SMILES string of the molecule is Cc1cc(C)c(C(N)=S)c(N2CCOCC2)n1. The summed E-state index contributed by atoms with van der Waals surface area (Å²) in [4.78, 5) is 7.19. The van der Waals surface area contributed by atoms with Gasteiger partial charge in [-0.15, -0.1) is 0 Å². The molecular weight excluding hydrogens is 234 g/mol. The van der Waals surface area contributed by atoms with E-state index in [1.165, 1.54) is 0 Å². The van der Waals surface area contributed by atoms with Crippen LogP contribution >= 0.6 is 12.2 Å². The predicted octanol–water partition coefficient (Wildman–Crippen LogP) is 1.17. The molecule has 1 aliphatic heterocycles. The molecular formula is C12H17N3OS. The standard InChI is InChI=1S/C12H17N3OS/c1-8-7-9(2)14-12(10(8)11(13)17)15-3-5-16-6-4-15/h7H,3-6H2,1-2H3,(H2,13,17). The van der Waals surface area contributed by atoms with Crippen molar-refractivity contribution in [2.24, 2.45) is 5.73 Å². The minimum Gasteiger partial charge on any atom is -0.389 e. The zero-order valence-electron chi connectivity index (χ0n) is 10.2. The van der Waals surface area contributed by atoms with Gasteiger partial charge in [-0.2, -0.15) is 0 Å². The zero-order valence-corrected chi connectivity index (χ0v) is 11.0. The number of pyridine rings is 1. The number of ether oxygens (including phenoxy) is 1. The normalized spacial score (nSPS) is 16.0. The maximum Gasteiger partial charge on any atom is 0.139 e. The number of aryl methyl sites for hydroxylation is 2. The maximum absolute atomic E-state index is 5.81. The van der Waals surface area contributed by atoms with Crippen molar-refractivity contribution < 1.29 is 4.74 Å². The van der Waals surface area contributed by atoms with E-state index in [-0.39, 0.29) is 0 Å². The molecule has 2 heterocycles. The first-order valence-electron chi connectivity index (χ1n) is 5.70. The van der Waals surface area contributed by atoms with E-state index >= 15 is 0 Å². The van der Waals surface area contributed by atoms with E-state index in [1.807, 2.05) is 19.9 Å². The summed E-state index contributed by atoms with van der Waals surface area (Å²) in [5.41, 5.74) is 8.78. The van der Waals surface area contributed by atoms with Crippen molar-refractivity contribution in [3.05, 3.63) is 22.9 Å². The van der Waals surface area contributed by atoms with E-state index in [2.05, 4.69) is 9.88 Å². The van der Waals surface area contributed by atoms with Gasteiger partial charge in [-0.3, -0.25) is 0 Å². The van der Waals surface area contributed by atoms with Crippen LogP contribution in [0.3, 0.4) is 0 Å². The van der Waals surface area contributed by atoms with E-state index < -0.39 is 0 Å². The molecule has 92 valence electrons. The molecule has 0 aliphatic carbocycles. The Morgan fingerprint density at radius 3 is 2.65 bits per heavy atom. The molecule has 0 atom stereocenters. The summed E-state index contributed by atoms with van der Waals surface area (Å²) < 4.78 is 5.35. The fourth-order valence-electron chi connectivity index (χ4n) is 2.13. The van der Waals surface area contributed by atoms with Crippen LogP contribution in [0.15, 0.2) is 6.07 Å². The first-order chi connectivity index (χ1) is 8.09. The van der Waals surface area contributed by atoms with Gasteiger partial charge < -0.3 is 15.4 Å². The molecule has 1 saturated heterocycles. The monoisotopic (exact) mass is 251 g/mol. The van der Waals surface area contributed by atoms with Gasteiger partial charge in [-0.25, -0.2) is 4.98 Å². The Hall–Kier alpha value is -1.20. The van der Waals surface area contributed by atoms with E-state index in [0.717, 1.165) is 48.9 Å². The fourth-order valence-corrected chi connectivity index (χ4v) is 2.38. The second-order valence-corrected chi connectivity index (χ2v) is 4.68. The number of hydrogen-bond donors (Lipinski definition) is 1. The summed E-state index contributed by atoms with van der Waals surface area (Å²) in [6.45, 7) is 7.14. The molecule has 1 aromatic rings. The highest BCUT2D eigenvalue weighted by Gasteiger charge is 2.19. The average Bonchev–Trinajstić information content (AvgIpc) is 2.28. The third-order valence-corrected chi connectivity index (χ3v) is 3.09. The van der Waals surface area contributed by atoms with Gasteiger partial charge in [0.15, 0.2) is 0 Å². The molecule has 4 nitrogen and oxygen atoms in total. The van der Waals surface area contributed by atoms with Crippen molar-refractivity contribution in [1.29, 1.82) is 0 Å². The number of hydrogen-bond acceptors (Lipinski definition) is 4. The Balaban J connectivity index is 2.46. The molecule has 1 aromatic heterocycles. The van der Waals surface area contributed by atoms with Crippen molar-refractivity contribution in [2.75, 3.05) is 31.2 Å². The van der Waals surface area contributed by atoms with E-state index in [0.29, 0.717) is 4.99 Å². The summed E-state index contributed by atoms with van der Waals surface area (Å²) in [5, 5.41) is 0. The van der Waals surface area contributed by atoms with Gasteiger partial charge in [0.2, 0.25) is 0 Å². The van der Waals surface area contributed by atoms with Crippen molar-refractivity contribution >= 4 is 23.0 Å². The molecule has 2 rings (SSSR count). The Morgan fingerprint density at radius 2 is 2.06 bits per heavy atom. The van der Waals surface area contributed by atoms with E-state index in [1.54, 1.807) is 0 Å². The number of nitrogens with two attached hydrogens (primary N) is 1. The average molecular weight is 251 g/mol. The Morgan fingerprint density at radius 1 is 1.41 bits per heavy atom. The largest absolute Gasteiger partial charge is 0.389 e. The molecule has 0 amide bonds. The fraction of sp³-hybridized carbons (Fsp3) is 0.500. The van der Waals surface area contributed by atoms with Crippen LogP contribution in [0.1, 0.15) is 16.8 Å². The van der Waals surface area contributed by atoms with E-state index in [9.17, 15) is 0 Å². The van der Waals surface area contributed by atoms with Crippen molar-refractivity contribution in [2.45, 2.75) is 13.8 Å². The highest BCUT2D eigenvalue weighted by molar-refractivity contribution is 7.80. The number of thiocarbonyl (C=S) groups is 1. The van der Waals surface area contributed by atoms with Crippen LogP contribution in [0.5, 0.6) is 0 Å². The summed E-state index contributed by atoms with van der Waals surface area (Å²) in [6.07, 6.45) is 0. The third kappa shape index (κ3) is 2.56. The summed E-state index contributed by atoms with van der Waals surface area (Å²) in [7, 11) is 0. The summed E-state index contributed by atoms with van der Waals surface area (Å²) in [5.74, 6) is 0.901. The van der Waals surface area contributed by atoms with Gasteiger partial charge in [0.05, 0.1) is 18.8 Å². The van der Waals surface area contributed by atoms with Crippen LogP contribution in [-0.4, -0.2) is 36.3 Å². The molecule has 0 saturated carbocycles. The smallest absolute Gasteiger partial charge is 0.139 e. The molecule has 5 heteroatoms. The van der Waals surface area contributed by atoms with Gasteiger partial charge in [0.25, 0.3) is 0 Å². The first kappa shape index (κ1) is 12.3. The maximum atomic E-state index is 5.81. The second-order valence-electron chi connectivity index (χ2n) is 4.24. The van der Waals surface area contributed by atoms with Crippen LogP contribution in [0, 0.1) is 13.8 Å². The lowest BCUT2D eigenvalue weighted by molar-refractivity contribution is 0.122. The topological polar surface area (TPSA) is 51.4 Å². The Labute approximate surface area is 107 Å². The summed E-state index contributed by atoms with van der Waals surface area (Å²) in [6, 6.07) is 2.01. The third-order valence-electron chi connectivity index (χ3n) is 2.88. The predicted molar refractivity (Wildman–Crippen MR) is 72.6 cm³/mol. The Bertz CT molecular complexity index is 442.